The number of para-hydroxylation sites is 1. The van der Waals surface area contributed by atoms with Crippen LogP contribution < -0.4 is 0 Å². The summed E-state index contributed by atoms with van der Waals surface area (Å²) in [5, 5.41) is 0.852. The first kappa shape index (κ1) is 11.2. The van der Waals surface area contributed by atoms with E-state index in [1.165, 1.54) is 5.56 Å². The van der Waals surface area contributed by atoms with Crippen molar-refractivity contribution in [2.24, 2.45) is 9.98 Å². The molecule has 0 fully saturated rings. The van der Waals surface area contributed by atoms with Crippen molar-refractivity contribution in [1.29, 1.82) is 0 Å². The van der Waals surface area contributed by atoms with Crippen molar-refractivity contribution in [3.8, 4) is 0 Å². The normalized spacial score (nSPS) is 15.4. The molecule has 2 rings (SSSR count). The van der Waals surface area contributed by atoms with Crippen molar-refractivity contribution in [3.63, 3.8) is 0 Å². The summed E-state index contributed by atoms with van der Waals surface area (Å²) < 4.78 is 0. The van der Waals surface area contributed by atoms with Crippen LogP contribution in [0.1, 0.15) is 12.5 Å². The van der Waals surface area contributed by atoms with Gasteiger partial charge in [0.1, 0.15) is 5.84 Å². The largest absolute Gasteiger partial charge is 0.366 e. The summed E-state index contributed by atoms with van der Waals surface area (Å²) in [5.41, 5.74) is 2.33. The first-order valence-electron chi connectivity index (χ1n) is 5.19. The minimum Gasteiger partial charge on any atom is -0.366 e. The Morgan fingerprint density at radius 3 is 2.88 bits per heavy atom. The minimum absolute atomic E-state index is 0.852. The molecular formula is C12H15N3S. The van der Waals surface area contributed by atoms with Gasteiger partial charge in [-0.3, -0.25) is 0 Å². The van der Waals surface area contributed by atoms with Gasteiger partial charge in [-0.15, -0.1) is 0 Å². The number of hydrogen-bond donors (Lipinski definition) is 0. The quantitative estimate of drug-likeness (QED) is 0.509. The lowest BCUT2D eigenvalue weighted by Gasteiger charge is -2.15. The average molecular weight is 233 g/mol. The summed E-state index contributed by atoms with van der Waals surface area (Å²) >= 11 is 1.69. The standard InChI is InChI=1S/C12H15N3S/c1-9(15(2)3)13-12-14-11-7-5-4-6-10(11)8-16-12/h4-7H,8H2,1-3H3. The molecule has 3 nitrogen and oxygen atoms in total. The van der Waals surface area contributed by atoms with Crippen LogP contribution in [-0.4, -0.2) is 30.0 Å². The number of nitrogens with zero attached hydrogens (tertiary/aromatic N) is 3. The second-order valence-electron chi connectivity index (χ2n) is 3.87. The van der Waals surface area contributed by atoms with Gasteiger partial charge in [-0.2, -0.15) is 0 Å². The first-order valence-corrected chi connectivity index (χ1v) is 6.17. The zero-order valence-corrected chi connectivity index (χ0v) is 10.6. The zero-order valence-electron chi connectivity index (χ0n) is 9.77. The van der Waals surface area contributed by atoms with Crippen molar-refractivity contribution in [3.05, 3.63) is 29.8 Å². The van der Waals surface area contributed by atoms with Gasteiger partial charge in [0.05, 0.1) is 5.69 Å². The van der Waals surface area contributed by atoms with Crippen molar-refractivity contribution >= 4 is 28.5 Å². The third-order valence-electron chi connectivity index (χ3n) is 2.47. The molecular weight excluding hydrogens is 218 g/mol. The molecule has 0 bridgehead atoms. The molecule has 1 heterocycles. The van der Waals surface area contributed by atoms with E-state index < -0.39 is 0 Å². The number of fused-ring (bicyclic) bond motifs is 1. The first-order chi connectivity index (χ1) is 7.66. The summed E-state index contributed by atoms with van der Waals surface area (Å²) in [7, 11) is 3.97. The lowest BCUT2D eigenvalue weighted by atomic mass is 10.2. The molecule has 0 aliphatic carbocycles. The fourth-order valence-electron chi connectivity index (χ4n) is 1.32. The Morgan fingerprint density at radius 1 is 1.38 bits per heavy atom. The monoisotopic (exact) mass is 233 g/mol. The van der Waals surface area contributed by atoms with E-state index in [9.17, 15) is 0 Å². The van der Waals surface area contributed by atoms with Crippen LogP contribution >= 0.6 is 11.8 Å². The topological polar surface area (TPSA) is 28.0 Å². The van der Waals surface area contributed by atoms with Crippen LogP contribution in [0.5, 0.6) is 0 Å². The Bertz CT molecular complexity index is 449. The highest BCUT2D eigenvalue weighted by atomic mass is 32.2. The fourth-order valence-corrected chi connectivity index (χ4v) is 2.20. The summed E-state index contributed by atoms with van der Waals surface area (Å²) in [6, 6.07) is 8.22. The van der Waals surface area contributed by atoms with Gasteiger partial charge in [0.2, 0.25) is 0 Å². The number of aliphatic imine (C=N–C) groups is 2. The van der Waals surface area contributed by atoms with Gasteiger partial charge in [-0.25, -0.2) is 9.98 Å². The van der Waals surface area contributed by atoms with Crippen molar-refractivity contribution in [2.45, 2.75) is 12.7 Å². The van der Waals surface area contributed by atoms with Gasteiger partial charge in [0, 0.05) is 19.8 Å². The molecule has 0 saturated heterocycles. The average Bonchev–Trinajstić information content (AvgIpc) is 2.28. The summed E-state index contributed by atoms with van der Waals surface area (Å²) in [6.07, 6.45) is 0. The van der Waals surface area contributed by atoms with Crippen LogP contribution in [0.3, 0.4) is 0 Å². The van der Waals surface area contributed by atoms with Gasteiger partial charge in [-0.05, 0) is 18.6 Å². The smallest absolute Gasteiger partial charge is 0.190 e. The van der Waals surface area contributed by atoms with Crippen molar-refractivity contribution in [2.75, 3.05) is 14.1 Å². The van der Waals surface area contributed by atoms with Crippen LogP contribution in [0.2, 0.25) is 0 Å². The number of hydrogen-bond acceptors (Lipinski definition) is 3. The Morgan fingerprint density at radius 2 is 2.12 bits per heavy atom. The Balaban J connectivity index is 2.28. The van der Waals surface area contributed by atoms with Gasteiger partial charge in [-0.1, -0.05) is 30.0 Å². The fraction of sp³-hybridized carbons (Fsp3) is 0.333. The van der Waals surface area contributed by atoms with Gasteiger partial charge in [0.25, 0.3) is 0 Å². The van der Waals surface area contributed by atoms with Crippen molar-refractivity contribution < 1.29 is 0 Å². The molecule has 1 aliphatic heterocycles. The molecule has 1 aromatic rings. The molecule has 0 atom stereocenters. The molecule has 84 valence electrons. The molecule has 0 amide bonds. The summed E-state index contributed by atoms with van der Waals surface area (Å²) in [6.45, 7) is 1.99. The highest BCUT2D eigenvalue weighted by Crippen LogP contribution is 2.30. The SMILES string of the molecule is CC(=NC1=Nc2ccccc2CS1)N(C)C. The molecule has 0 unspecified atom stereocenters. The molecule has 0 N–H and O–H groups in total. The zero-order chi connectivity index (χ0) is 11.5. The third-order valence-corrected chi connectivity index (χ3v) is 3.37. The number of thioether (sulfide) groups is 1. The maximum atomic E-state index is 4.53. The highest BCUT2D eigenvalue weighted by Gasteiger charge is 2.11. The van der Waals surface area contributed by atoms with E-state index >= 15 is 0 Å². The molecule has 1 aliphatic rings. The van der Waals surface area contributed by atoms with Gasteiger partial charge in [0.15, 0.2) is 5.17 Å². The molecule has 1 aromatic carbocycles. The maximum Gasteiger partial charge on any atom is 0.190 e. The Kier molecular flexibility index (Phi) is 3.29. The van der Waals surface area contributed by atoms with E-state index in [-0.39, 0.29) is 0 Å². The summed E-state index contributed by atoms with van der Waals surface area (Å²) in [5.74, 6) is 1.93. The van der Waals surface area contributed by atoms with Crippen LogP contribution in [0.15, 0.2) is 34.3 Å². The van der Waals surface area contributed by atoms with E-state index in [2.05, 4.69) is 16.1 Å². The van der Waals surface area contributed by atoms with Gasteiger partial charge < -0.3 is 4.90 Å². The third kappa shape index (κ3) is 2.44. The Labute approximate surface area is 100 Å². The summed E-state index contributed by atoms with van der Waals surface area (Å²) in [4.78, 5) is 11.0. The number of benzene rings is 1. The molecule has 0 spiro atoms. The lowest BCUT2D eigenvalue weighted by Crippen LogP contribution is -2.19. The lowest BCUT2D eigenvalue weighted by molar-refractivity contribution is 0.620. The Hall–Kier alpha value is -1.29. The van der Waals surface area contributed by atoms with E-state index in [1.807, 2.05) is 44.1 Å². The predicted molar refractivity (Wildman–Crippen MR) is 71.6 cm³/mol. The van der Waals surface area contributed by atoms with E-state index in [4.69, 9.17) is 0 Å². The molecule has 0 saturated carbocycles. The second kappa shape index (κ2) is 4.70. The number of amidine groups is 2. The predicted octanol–water partition coefficient (Wildman–Crippen LogP) is 2.90. The molecule has 16 heavy (non-hydrogen) atoms. The molecule has 0 radical (unpaired) electrons. The van der Waals surface area contributed by atoms with Crippen LogP contribution in [0, 0.1) is 0 Å². The highest BCUT2D eigenvalue weighted by molar-refractivity contribution is 8.13. The maximum absolute atomic E-state index is 4.53. The van der Waals surface area contributed by atoms with E-state index in [1.54, 1.807) is 11.8 Å². The van der Waals surface area contributed by atoms with E-state index in [0.29, 0.717) is 0 Å². The van der Waals surface area contributed by atoms with Gasteiger partial charge >= 0.3 is 0 Å². The minimum atomic E-state index is 0.852. The molecule has 4 heteroatoms. The van der Waals surface area contributed by atoms with E-state index in [0.717, 1.165) is 22.4 Å². The van der Waals surface area contributed by atoms with Crippen molar-refractivity contribution in [1.82, 2.24) is 4.90 Å². The van der Waals surface area contributed by atoms with Crippen LogP contribution in [0.25, 0.3) is 0 Å². The second-order valence-corrected chi connectivity index (χ2v) is 4.81. The number of rotatable bonds is 0. The van der Waals surface area contributed by atoms with Crippen LogP contribution in [0.4, 0.5) is 5.69 Å². The van der Waals surface area contributed by atoms with Crippen LogP contribution in [-0.2, 0) is 5.75 Å². The molecule has 0 aromatic heterocycles.